The summed E-state index contributed by atoms with van der Waals surface area (Å²) in [6, 6.07) is 2.30. The Morgan fingerprint density at radius 1 is 1.15 bits per heavy atom. The van der Waals surface area contributed by atoms with Gasteiger partial charge in [0.1, 0.15) is 0 Å². The molecule has 0 aliphatic carbocycles. The molecular formula is C11H7BrF6OS. The molecule has 0 atom stereocenters. The van der Waals surface area contributed by atoms with Gasteiger partial charge < -0.3 is 0 Å². The van der Waals surface area contributed by atoms with E-state index in [1.165, 1.54) is 0 Å². The van der Waals surface area contributed by atoms with E-state index in [0.29, 0.717) is 6.07 Å². The van der Waals surface area contributed by atoms with Crippen molar-refractivity contribution >= 4 is 33.5 Å². The molecule has 0 fully saturated rings. The van der Waals surface area contributed by atoms with Crippen LogP contribution in [0.1, 0.15) is 22.3 Å². The van der Waals surface area contributed by atoms with Crippen LogP contribution >= 0.6 is 27.7 Å². The fourth-order valence-corrected chi connectivity index (χ4v) is 2.56. The van der Waals surface area contributed by atoms with E-state index in [1.54, 1.807) is 0 Å². The molecular weight excluding hydrogens is 374 g/mol. The molecule has 0 aliphatic rings. The number of ketones is 1. The Balaban J connectivity index is 3.41. The maximum atomic E-state index is 12.8. The summed E-state index contributed by atoms with van der Waals surface area (Å²) in [5, 5.41) is 0.0636. The fourth-order valence-electron chi connectivity index (χ4n) is 1.48. The van der Waals surface area contributed by atoms with Crippen LogP contribution < -0.4 is 0 Å². The van der Waals surface area contributed by atoms with Gasteiger partial charge in [0.05, 0.1) is 5.56 Å². The second-order valence-corrected chi connectivity index (χ2v) is 5.49. The number of thioether (sulfide) groups is 1. The first kappa shape index (κ1) is 17.4. The molecule has 0 aromatic heterocycles. The van der Waals surface area contributed by atoms with Crippen molar-refractivity contribution in [2.45, 2.75) is 23.0 Å². The average molecular weight is 381 g/mol. The van der Waals surface area contributed by atoms with Gasteiger partial charge in [0.15, 0.2) is 5.78 Å². The van der Waals surface area contributed by atoms with Crippen molar-refractivity contribution in [3.8, 4) is 0 Å². The smallest absolute Gasteiger partial charge is 0.294 e. The van der Waals surface area contributed by atoms with Crippen molar-refractivity contribution in [2.75, 3.05) is 5.33 Å². The highest BCUT2D eigenvalue weighted by Gasteiger charge is 2.38. The molecule has 0 unspecified atom stereocenters. The average Bonchev–Trinajstić information content (AvgIpc) is 2.25. The van der Waals surface area contributed by atoms with Crippen LogP contribution in [0, 0.1) is 0 Å². The molecule has 0 amide bonds. The Labute approximate surface area is 122 Å². The van der Waals surface area contributed by atoms with Crippen LogP contribution in [0.5, 0.6) is 0 Å². The molecule has 20 heavy (non-hydrogen) atoms. The van der Waals surface area contributed by atoms with Crippen LogP contribution in [0.3, 0.4) is 0 Å². The van der Waals surface area contributed by atoms with Crippen LogP contribution in [0.2, 0.25) is 0 Å². The maximum absolute atomic E-state index is 12.8. The summed E-state index contributed by atoms with van der Waals surface area (Å²) in [7, 11) is 0. The number of benzene rings is 1. The number of hydrogen-bond donors (Lipinski definition) is 0. The van der Waals surface area contributed by atoms with Gasteiger partial charge in [0, 0.05) is 22.2 Å². The standard InChI is InChI=1S/C11H7BrF6OS/c12-5-4-7(19)9-6(10(13,14)15)2-1-3-8(9)20-11(16,17)18/h1-3H,4-5H2. The van der Waals surface area contributed by atoms with Gasteiger partial charge >= 0.3 is 11.7 Å². The Hall–Kier alpha value is -0.700. The highest BCUT2D eigenvalue weighted by Crippen LogP contribution is 2.42. The number of rotatable bonds is 4. The highest BCUT2D eigenvalue weighted by molar-refractivity contribution is 9.09. The first-order valence-corrected chi connectivity index (χ1v) is 7.05. The van der Waals surface area contributed by atoms with E-state index in [0.717, 1.165) is 12.1 Å². The van der Waals surface area contributed by atoms with E-state index in [4.69, 9.17) is 0 Å². The zero-order valence-corrected chi connectivity index (χ0v) is 12.0. The number of Topliss-reactive ketones (excluding diaryl/α,β-unsaturated/α-hetero) is 1. The van der Waals surface area contributed by atoms with Crippen molar-refractivity contribution in [2.24, 2.45) is 0 Å². The first-order valence-electron chi connectivity index (χ1n) is 5.11. The molecule has 1 aromatic carbocycles. The van der Waals surface area contributed by atoms with Gasteiger partial charge in [-0.2, -0.15) is 26.3 Å². The Kier molecular flexibility index (Phi) is 5.54. The lowest BCUT2D eigenvalue weighted by molar-refractivity contribution is -0.138. The predicted octanol–water partition coefficient (Wildman–Crippen LogP) is 5.29. The monoisotopic (exact) mass is 380 g/mol. The highest BCUT2D eigenvalue weighted by atomic mass is 79.9. The van der Waals surface area contributed by atoms with Crippen molar-refractivity contribution in [3.05, 3.63) is 29.3 Å². The van der Waals surface area contributed by atoms with Crippen molar-refractivity contribution in [3.63, 3.8) is 0 Å². The van der Waals surface area contributed by atoms with Gasteiger partial charge in [0.25, 0.3) is 0 Å². The number of carbonyl (C=O) groups is 1. The molecule has 0 N–H and O–H groups in total. The van der Waals surface area contributed by atoms with Crippen molar-refractivity contribution in [1.82, 2.24) is 0 Å². The van der Waals surface area contributed by atoms with Gasteiger partial charge in [-0.3, -0.25) is 4.79 Å². The molecule has 0 bridgehead atoms. The van der Waals surface area contributed by atoms with Crippen molar-refractivity contribution < 1.29 is 31.1 Å². The van der Waals surface area contributed by atoms with Crippen LogP contribution in [0.4, 0.5) is 26.3 Å². The van der Waals surface area contributed by atoms with Gasteiger partial charge in [-0.1, -0.05) is 22.0 Å². The molecule has 0 spiro atoms. The number of carbonyl (C=O) groups excluding carboxylic acids is 1. The zero-order chi connectivity index (χ0) is 15.6. The number of alkyl halides is 7. The Morgan fingerprint density at radius 2 is 1.75 bits per heavy atom. The third kappa shape index (κ3) is 4.69. The topological polar surface area (TPSA) is 17.1 Å². The molecule has 112 valence electrons. The van der Waals surface area contributed by atoms with E-state index in [9.17, 15) is 31.1 Å². The molecule has 1 nitrogen and oxygen atoms in total. The molecule has 9 heteroatoms. The summed E-state index contributed by atoms with van der Waals surface area (Å²) in [5.74, 6) is -0.985. The lowest BCUT2D eigenvalue weighted by atomic mass is 10.0. The summed E-state index contributed by atoms with van der Waals surface area (Å²) in [5.41, 5.74) is -7.05. The number of halogens is 7. The minimum Gasteiger partial charge on any atom is -0.294 e. The van der Waals surface area contributed by atoms with Crippen LogP contribution in [0.25, 0.3) is 0 Å². The lowest BCUT2D eigenvalue weighted by Crippen LogP contribution is -2.15. The lowest BCUT2D eigenvalue weighted by Gasteiger charge is -2.16. The second kappa shape index (κ2) is 6.38. The minimum absolute atomic E-state index is 0.0636. The summed E-state index contributed by atoms with van der Waals surface area (Å²) >= 11 is 2.15. The summed E-state index contributed by atoms with van der Waals surface area (Å²) in [6.45, 7) is 0. The number of hydrogen-bond acceptors (Lipinski definition) is 2. The van der Waals surface area contributed by atoms with Crippen LogP contribution in [-0.4, -0.2) is 16.6 Å². The van der Waals surface area contributed by atoms with Gasteiger partial charge in [0.2, 0.25) is 0 Å². The van der Waals surface area contributed by atoms with E-state index >= 15 is 0 Å². The molecule has 0 saturated carbocycles. The summed E-state index contributed by atoms with van der Waals surface area (Å²) < 4.78 is 75.5. The summed E-state index contributed by atoms with van der Waals surface area (Å²) in [4.78, 5) is 11.0. The normalized spacial score (nSPS) is 12.6. The van der Waals surface area contributed by atoms with Crippen LogP contribution in [-0.2, 0) is 6.18 Å². The second-order valence-electron chi connectivity index (χ2n) is 3.59. The molecule has 0 saturated heterocycles. The van der Waals surface area contributed by atoms with E-state index in [-0.39, 0.29) is 11.8 Å². The summed E-state index contributed by atoms with van der Waals surface area (Å²) in [6.07, 6.45) is -5.21. The predicted molar refractivity (Wildman–Crippen MR) is 66.1 cm³/mol. The Morgan fingerprint density at radius 3 is 2.20 bits per heavy atom. The first-order chi connectivity index (χ1) is 9.06. The van der Waals surface area contributed by atoms with Gasteiger partial charge in [-0.15, -0.1) is 0 Å². The largest absolute Gasteiger partial charge is 0.446 e. The third-order valence-electron chi connectivity index (χ3n) is 2.16. The third-order valence-corrected chi connectivity index (χ3v) is 3.35. The van der Waals surface area contributed by atoms with Gasteiger partial charge in [-0.25, -0.2) is 0 Å². The molecule has 1 rings (SSSR count). The SMILES string of the molecule is O=C(CCBr)c1c(SC(F)(F)F)cccc1C(F)(F)F. The van der Waals surface area contributed by atoms with Crippen molar-refractivity contribution in [1.29, 1.82) is 0 Å². The van der Waals surface area contributed by atoms with E-state index in [1.807, 2.05) is 0 Å². The molecule has 0 heterocycles. The fraction of sp³-hybridized carbons (Fsp3) is 0.364. The quantitative estimate of drug-likeness (QED) is 0.305. The van der Waals surface area contributed by atoms with Crippen LogP contribution in [0.15, 0.2) is 23.1 Å². The molecule has 1 aromatic rings. The van der Waals surface area contributed by atoms with E-state index < -0.39 is 45.3 Å². The van der Waals surface area contributed by atoms with E-state index in [2.05, 4.69) is 15.9 Å². The minimum atomic E-state index is -4.89. The zero-order valence-electron chi connectivity index (χ0n) is 9.61. The van der Waals surface area contributed by atoms with Gasteiger partial charge in [-0.05, 0) is 23.9 Å². The molecule has 0 radical (unpaired) electrons. The Bertz CT molecular complexity index is 497. The molecule has 0 aliphatic heterocycles. The maximum Gasteiger partial charge on any atom is 0.446 e.